The fourth-order valence-corrected chi connectivity index (χ4v) is 2.07. The van der Waals surface area contributed by atoms with Crippen molar-refractivity contribution in [1.82, 2.24) is 9.38 Å². The predicted octanol–water partition coefficient (Wildman–Crippen LogP) is 2.56. The van der Waals surface area contributed by atoms with Crippen molar-refractivity contribution in [1.29, 1.82) is 0 Å². The zero-order valence-electron chi connectivity index (χ0n) is 8.35. The van der Waals surface area contributed by atoms with Gasteiger partial charge >= 0.3 is 5.97 Å². The second-order valence-electron chi connectivity index (χ2n) is 4.01. The molecule has 2 aromatic heterocycles. The number of imidazole rings is 1. The molecule has 0 atom stereocenters. The van der Waals surface area contributed by atoms with Gasteiger partial charge in [0.05, 0.1) is 11.1 Å². The quantitative estimate of drug-likeness (QED) is 0.872. The average Bonchev–Trinajstić information content (AvgIpc) is 3.04. The van der Waals surface area contributed by atoms with E-state index in [-0.39, 0.29) is 5.56 Å². The van der Waals surface area contributed by atoms with Gasteiger partial charge in [0.2, 0.25) is 0 Å². The number of nitrogens with zero attached hydrogens (tertiary/aromatic N) is 2. The number of aromatic carboxylic acids is 1. The zero-order valence-corrected chi connectivity index (χ0v) is 9.11. The smallest absolute Gasteiger partial charge is 0.335 e. The summed E-state index contributed by atoms with van der Waals surface area (Å²) < 4.78 is 1.88. The minimum atomic E-state index is -0.951. The molecule has 3 rings (SSSR count). The molecule has 82 valence electrons. The van der Waals surface area contributed by atoms with Crippen LogP contribution in [-0.2, 0) is 0 Å². The Morgan fingerprint density at radius 1 is 1.56 bits per heavy atom. The molecular weight excluding hydrogens is 228 g/mol. The molecule has 1 aliphatic carbocycles. The van der Waals surface area contributed by atoms with Gasteiger partial charge in [0.15, 0.2) is 5.15 Å². The maximum Gasteiger partial charge on any atom is 0.335 e. The van der Waals surface area contributed by atoms with E-state index in [1.807, 2.05) is 4.40 Å². The maximum atomic E-state index is 10.8. The molecule has 1 saturated carbocycles. The summed E-state index contributed by atoms with van der Waals surface area (Å²) in [7, 11) is 0. The molecule has 0 saturated heterocycles. The van der Waals surface area contributed by atoms with Gasteiger partial charge in [0.25, 0.3) is 0 Å². The van der Waals surface area contributed by atoms with Crippen molar-refractivity contribution in [3.63, 3.8) is 0 Å². The fourth-order valence-electron chi connectivity index (χ4n) is 1.83. The molecule has 0 radical (unpaired) electrons. The number of carboxylic acid groups (broad SMARTS) is 1. The number of halogens is 1. The number of carboxylic acids is 1. The van der Waals surface area contributed by atoms with Crippen LogP contribution in [0, 0.1) is 0 Å². The molecule has 0 spiro atoms. The van der Waals surface area contributed by atoms with Crippen molar-refractivity contribution in [2.75, 3.05) is 0 Å². The summed E-state index contributed by atoms with van der Waals surface area (Å²) in [5, 5.41) is 9.27. The summed E-state index contributed by atoms with van der Waals surface area (Å²) in [4.78, 5) is 15.1. The van der Waals surface area contributed by atoms with Crippen LogP contribution in [0.3, 0.4) is 0 Å². The summed E-state index contributed by atoms with van der Waals surface area (Å²) in [6.45, 7) is 0. The number of rotatable bonds is 2. The minimum absolute atomic E-state index is 0.233. The van der Waals surface area contributed by atoms with Crippen LogP contribution in [-0.4, -0.2) is 20.5 Å². The van der Waals surface area contributed by atoms with Gasteiger partial charge in [-0.15, -0.1) is 0 Å². The van der Waals surface area contributed by atoms with Crippen LogP contribution in [0.5, 0.6) is 0 Å². The molecule has 1 fully saturated rings. The second kappa shape index (κ2) is 3.22. The SMILES string of the molecule is O=C(O)c1ccn2c(C3CC3)nc(Cl)c2c1. The standard InChI is InChI=1S/C11H9ClN2O2/c12-9-8-5-7(11(15)16)3-4-14(8)10(13-9)6-1-2-6/h3-6H,1-2H2,(H,15,16). The van der Waals surface area contributed by atoms with Gasteiger partial charge in [0.1, 0.15) is 5.82 Å². The van der Waals surface area contributed by atoms with E-state index in [0.29, 0.717) is 16.6 Å². The first kappa shape index (κ1) is 9.66. The van der Waals surface area contributed by atoms with Gasteiger partial charge in [-0.05, 0) is 25.0 Å². The molecule has 2 heterocycles. The molecule has 0 aromatic carbocycles. The number of hydrogen-bond acceptors (Lipinski definition) is 2. The van der Waals surface area contributed by atoms with Crippen molar-refractivity contribution in [3.05, 3.63) is 34.9 Å². The Labute approximate surface area is 96.5 Å². The highest BCUT2D eigenvalue weighted by molar-refractivity contribution is 6.32. The van der Waals surface area contributed by atoms with E-state index in [0.717, 1.165) is 18.7 Å². The lowest BCUT2D eigenvalue weighted by Crippen LogP contribution is -1.98. The largest absolute Gasteiger partial charge is 0.478 e. The van der Waals surface area contributed by atoms with E-state index < -0.39 is 5.97 Å². The van der Waals surface area contributed by atoms with Crippen LogP contribution in [0.4, 0.5) is 0 Å². The molecule has 4 nitrogen and oxygen atoms in total. The molecular formula is C11H9ClN2O2. The third kappa shape index (κ3) is 1.38. The third-order valence-electron chi connectivity index (χ3n) is 2.82. The summed E-state index contributed by atoms with van der Waals surface area (Å²) in [6, 6.07) is 3.13. The van der Waals surface area contributed by atoms with Crippen LogP contribution >= 0.6 is 11.6 Å². The molecule has 0 unspecified atom stereocenters. The summed E-state index contributed by atoms with van der Waals surface area (Å²) in [5.41, 5.74) is 0.903. The summed E-state index contributed by atoms with van der Waals surface area (Å²) in [6.07, 6.45) is 4.00. The number of pyridine rings is 1. The first-order valence-electron chi connectivity index (χ1n) is 5.07. The Bertz CT molecular complexity index is 587. The van der Waals surface area contributed by atoms with Crippen LogP contribution in [0.25, 0.3) is 5.52 Å². The normalized spacial score (nSPS) is 15.6. The maximum absolute atomic E-state index is 10.8. The van der Waals surface area contributed by atoms with E-state index in [1.165, 1.54) is 0 Å². The molecule has 0 amide bonds. The Morgan fingerprint density at radius 3 is 2.94 bits per heavy atom. The van der Waals surface area contributed by atoms with Crippen LogP contribution < -0.4 is 0 Å². The fraction of sp³-hybridized carbons (Fsp3) is 0.273. The molecule has 0 bridgehead atoms. The first-order chi connectivity index (χ1) is 7.66. The van der Waals surface area contributed by atoms with Gasteiger partial charge in [-0.3, -0.25) is 0 Å². The van der Waals surface area contributed by atoms with E-state index in [4.69, 9.17) is 16.7 Å². The highest BCUT2D eigenvalue weighted by Gasteiger charge is 2.29. The predicted molar refractivity (Wildman–Crippen MR) is 59.1 cm³/mol. The van der Waals surface area contributed by atoms with Crippen LogP contribution in [0.15, 0.2) is 18.3 Å². The Hall–Kier alpha value is -1.55. The van der Waals surface area contributed by atoms with Crippen molar-refractivity contribution >= 4 is 23.1 Å². The van der Waals surface area contributed by atoms with Gasteiger partial charge in [-0.2, -0.15) is 0 Å². The van der Waals surface area contributed by atoms with Gasteiger partial charge in [-0.25, -0.2) is 9.78 Å². The zero-order chi connectivity index (χ0) is 11.3. The molecule has 0 aliphatic heterocycles. The minimum Gasteiger partial charge on any atom is -0.478 e. The van der Waals surface area contributed by atoms with Crippen molar-refractivity contribution in [2.24, 2.45) is 0 Å². The lowest BCUT2D eigenvalue weighted by Gasteiger charge is -2.00. The highest BCUT2D eigenvalue weighted by Crippen LogP contribution is 2.40. The average molecular weight is 237 g/mol. The molecule has 2 aromatic rings. The topological polar surface area (TPSA) is 54.6 Å². The number of carbonyl (C=O) groups is 1. The third-order valence-corrected chi connectivity index (χ3v) is 3.09. The molecule has 5 heteroatoms. The Balaban J connectivity index is 2.24. The van der Waals surface area contributed by atoms with Crippen LogP contribution in [0.2, 0.25) is 5.15 Å². The molecule has 1 aliphatic rings. The van der Waals surface area contributed by atoms with Gasteiger partial charge in [0, 0.05) is 12.1 Å². The van der Waals surface area contributed by atoms with Crippen molar-refractivity contribution in [3.8, 4) is 0 Å². The Morgan fingerprint density at radius 2 is 2.31 bits per heavy atom. The highest BCUT2D eigenvalue weighted by atomic mass is 35.5. The van der Waals surface area contributed by atoms with E-state index in [9.17, 15) is 4.79 Å². The lowest BCUT2D eigenvalue weighted by atomic mass is 10.2. The van der Waals surface area contributed by atoms with E-state index in [1.54, 1.807) is 18.3 Å². The monoisotopic (exact) mass is 236 g/mol. The van der Waals surface area contributed by atoms with E-state index in [2.05, 4.69) is 4.98 Å². The number of hydrogen-bond donors (Lipinski definition) is 1. The molecule has 1 N–H and O–H groups in total. The lowest BCUT2D eigenvalue weighted by molar-refractivity contribution is 0.0697. The number of aromatic nitrogens is 2. The first-order valence-corrected chi connectivity index (χ1v) is 5.45. The van der Waals surface area contributed by atoms with Crippen molar-refractivity contribution in [2.45, 2.75) is 18.8 Å². The number of fused-ring (bicyclic) bond motifs is 1. The van der Waals surface area contributed by atoms with Crippen LogP contribution in [0.1, 0.15) is 34.9 Å². The summed E-state index contributed by atoms with van der Waals surface area (Å²) >= 11 is 6.00. The van der Waals surface area contributed by atoms with Gasteiger partial charge in [-0.1, -0.05) is 11.6 Å². The Kier molecular flexibility index (Phi) is 1.94. The van der Waals surface area contributed by atoms with Crippen molar-refractivity contribution < 1.29 is 9.90 Å². The van der Waals surface area contributed by atoms with E-state index >= 15 is 0 Å². The van der Waals surface area contributed by atoms with Gasteiger partial charge < -0.3 is 9.51 Å². The molecule has 16 heavy (non-hydrogen) atoms. The second-order valence-corrected chi connectivity index (χ2v) is 4.37. The summed E-state index contributed by atoms with van der Waals surface area (Å²) in [5.74, 6) is 0.473.